The number of carbonyl (C=O) groups excluding carboxylic acids is 3. The number of carbonyl (C=O) groups is 3. The van der Waals surface area contributed by atoms with Gasteiger partial charge in [0.15, 0.2) is 0 Å². The Bertz CT molecular complexity index is 514. The van der Waals surface area contributed by atoms with Gasteiger partial charge < -0.3 is 0 Å². The first-order valence-corrected chi connectivity index (χ1v) is 11.9. The van der Waals surface area contributed by atoms with E-state index in [1.807, 2.05) is 6.08 Å². The van der Waals surface area contributed by atoms with Crippen LogP contribution in [0.2, 0.25) is 10.6 Å². The summed E-state index contributed by atoms with van der Waals surface area (Å²) in [5.41, 5.74) is -0.629. The van der Waals surface area contributed by atoms with E-state index in [1.165, 1.54) is 6.42 Å². The maximum atomic E-state index is 12.6. The summed E-state index contributed by atoms with van der Waals surface area (Å²) in [6.07, 6.45) is 6.61. The van der Waals surface area contributed by atoms with Crippen molar-refractivity contribution in [3.05, 3.63) is 12.7 Å². The van der Waals surface area contributed by atoms with E-state index in [0.29, 0.717) is 5.32 Å². The number of amides is 3. The fraction of sp³-hybridized carbons (Fsp3) is 0.737. The predicted molar refractivity (Wildman–Crippen MR) is 107 cm³/mol. The van der Waals surface area contributed by atoms with E-state index in [0.717, 1.165) is 31.0 Å². The molecule has 27 heavy (non-hydrogen) atoms. The van der Waals surface area contributed by atoms with Crippen LogP contribution < -0.4 is 16.0 Å². The SMILES string of the molecule is C=CC[Se]CC(NC(=O)CNC(=O)OC(C)(C)C)C(=O)NC1CCCCC1. The Balaban J connectivity index is 2.51. The predicted octanol–water partition coefficient (Wildman–Crippen LogP) is 2.17. The number of nitrogens with one attached hydrogen (secondary N) is 3. The van der Waals surface area contributed by atoms with Gasteiger partial charge >= 0.3 is 168 Å². The molecule has 0 aromatic carbocycles. The summed E-state index contributed by atoms with van der Waals surface area (Å²) in [7, 11) is 0. The number of hydrogen-bond acceptors (Lipinski definition) is 4. The molecule has 0 saturated heterocycles. The second-order valence-corrected chi connectivity index (χ2v) is 9.90. The quantitative estimate of drug-likeness (QED) is 0.287. The van der Waals surface area contributed by atoms with Crippen LogP contribution in [0.5, 0.6) is 0 Å². The topological polar surface area (TPSA) is 96.5 Å². The van der Waals surface area contributed by atoms with Crippen molar-refractivity contribution in [3.8, 4) is 0 Å². The van der Waals surface area contributed by atoms with Gasteiger partial charge in [-0.05, 0) is 0 Å². The van der Waals surface area contributed by atoms with Gasteiger partial charge in [0, 0.05) is 0 Å². The zero-order valence-corrected chi connectivity index (χ0v) is 18.4. The second kappa shape index (κ2) is 12.0. The van der Waals surface area contributed by atoms with Crippen molar-refractivity contribution in [2.24, 2.45) is 0 Å². The first-order chi connectivity index (χ1) is 12.7. The molecular formula is C19H33N3O4Se. The zero-order chi connectivity index (χ0) is 20.3. The van der Waals surface area contributed by atoms with E-state index in [-0.39, 0.29) is 33.5 Å². The summed E-state index contributed by atoms with van der Waals surface area (Å²) in [5, 5.41) is 9.66. The maximum absolute atomic E-state index is 12.6. The molecule has 0 heterocycles. The van der Waals surface area contributed by atoms with Crippen LogP contribution >= 0.6 is 0 Å². The van der Waals surface area contributed by atoms with Crippen LogP contribution in [0.1, 0.15) is 52.9 Å². The van der Waals surface area contributed by atoms with E-state index in [2.05, 4.69) is 22.5 Å². The summed E-state index contributed by atoms with van der Waals surface area (Å²) >= 11 is 0.183. The molecule has 7 nitrogen and oxygen atoms in total. The van der Waals surface area contributed by atoms with Crippen molar-refractivity contribution in [3.63, 3.8) is 0 Å². The molecule has 1 aliphatic rings. The molecule has 1 fully saturated rings. The molecule has 1 unspecified atom stereocenters. The van der Waals surface area contributed by atoms with Crippen LogP contribution in [0.25, 0.3) is 0 Å². The third-order valence-electron chi connectivity index (χ3n) is 3.92. The third-order valence-corrected chi connectivity index (χ3v) is 6.10. The van der Waals surface area contributed by atoms with Gasteiger partial charge in [-0.25, -0.2) is 0 Å². The minimum atomic E-state index is -0.656. The van der Waals surface area contributed by atoms with Crippen molar-refractivity contribution in [2.45, 2.75) is 81.2 Å². The minimum absolute atomic E-state index is 0.140. The standard InChI is InChI=1S/C19H33N3O4Se/c1-5-11-27-13-15(17(24)21-14-9-7-6-8-10-14)22-16(23)12-20-18(25)26-19(2,3)4/h5,14-15H,1,6-13H2,2-4H3,(H,20,25)(H,21,24)(H,22,23). The van der Waals surface area contributed by atoms with Gasteiger partial charge in [0.25, 0.3) is 0 Å². The van der Waals surface area contributed by atoms with E-state index >= 15 is 0 Å². The first-order valence-electron chi connectivity index (χ1n) is 9.46. The van der Waals surface area contributed by atoms with Gasteiger partial charge in [0.1, 0.15) is 0 Å². The van der Waals surface area contributed by atoms with Gasteiger partial charge in [-0.3, -0.25) is 0 Å². The molecular weight excluding hydrogens is 413 g/mol. The Labute approximate surface area is 168 Å². The number of hydrogen-bond donors (Lipinski definition) is 3. The number of allylic oxidation sites excluding steroid dienone is 1. The molecule has 1 aliphatic carbocycles. The number of alkyl carbamates (subject to hydrolysis) is 1. The Morgan fingerprint density at radius 2 is 1.89 bits per heavy atom. The van der Waals surface area contributed by atoms with E-state index < -0.39 is 23.6 Å². The van der Waals surface area contributed by atoms with Crippen molar-refractivity contribution < 1.29 is 19.1 Å². The van der Waals surface area contributed by atoms with Crippen molar-refractivity contribution in [1.29, 1.82) is 0 Å². The van der Waals surface area contributed by atoms with Crippen molar-refractivity contribution in [2.75, 3.05) is 6.54 Å². The van der Waals surface area contributed by atoms with Crippen LogP contribution in [0, 0.1) is 0 Å². The van der Waals surface area contributed by atoms with Crippen LogP contribution in [0.4, 0.5) is 4.79 Å². The van der Waals surface area contributed by atoms with Gasteiger partial charge in [-0.15, -0.1) is 0 Å². The molecule has 8 heteroatoms. The Morgan fingerprint density at radius 3 is 2.48 bits per heavy atom. The normalized spacial score (nSPS) is 16.1. The van der Waals surface area contributed by atoms with Gasteiger partial charge in [0.2, 0.25) is 0 Å². The van der Waals surface area contributed by atoms with Crippen LogP contribution in [-0.4, -0.2) is 57.1 Å². The summed E-state index contributed by atoms with van der Waals surface area (Å²) in [4.78, 5) is 36.4. The monoisotopic (exact) mass is 447 g/mol. The molecule has 3 amide bonds. The molecule has 154 valence electrons. The van der Waals surface area contributed by atoms with Gasteiger partial charge in [-0.1, -0.05) is 0 Å². The van der Waals surface area contributed by atoms with E-state index in [1.54, 1.807) is 20.8 Å². The third kappa shape index (κ3) is 11.0. The van der Waals surface area contributed by atoms with Crippen molar-refractivity contribution >= 4 is 32.9 Å². The fourth-order valence-corrected chi connectivity index (χ4v) is 4.33. The van der Waals surface area contributed by atoms with Crippen LogP contribution in [0.3, 0.4) is 0 Å². The Morgan fingerprint density at radius 1 is 1.22 bits per heavy atom. The van der Waals surface area contributed by atoms with E-state index in [9.17, 15) is 14.4 Å². The molecule has 0 aromatic rings. The summed E-state index contributed by atoms with van der Waals surface area (Å²) in [6, 6.07) is -0.391. The molecule has 0 bridgehead atoms. The summed E-state index contributed by atoms with van der Waals surface area (Å²) in [6.45, 7) is 8.73. The average Bonchev–Trinajstić information content (AvgIpc) is 2.58. The van der Waals surface area contributed by atoms with E-state index in [4.69, 9.17) is 4.74 Å². The van der Waals surface area contributed by atoms with Crippen LogP contribution in [-0.2, 0) is 14.3 Å². The molecule has 0 spiro atoms. The molecule has 0 radical (unpaired) electrons. The molecule has 1 saturated carbocycles. The Kier molecular flexibility index (Phi) is 10.5. The van der Waals surface area contributed by atoms with Gasteiger partial charge in [0.05, 0.1) is 0 Å². The fourth-order valence-electron chi connectivity index (χ4n) is 2.71. The van der Waals surface area contributed by atoms with Crippen molar-refractivity contribution in [1.82, 2.24) is 16.0 Å². The molecule has 1 rings (SSSR count). The second-order valence-electron chi connectivity index (χ2n) is 7.65. The molecule has 0 aromatic heterocycles. The van der Waals surface area contributed by atoms with Crippen LogP contribution in [0.15, 0.2) is 12.7 Å². The molecule has 3 N–H and O–H groups in total. The molecule has 0 aliphatic heterocycles. The average molecular weight is 446 g/mol. The molecule has 1 atom stereocenters. The summed E-state index contributed by atoms with van der Waals surface area (Å²) in [5.74, 6) is -0.544. The number of rotatable bonds is 9. The first kappa shape index (κ1) is 23.5. The number of ether oxygens (including phenoxy) is 1. The zero-order valence-electron chi connectivity index (χ0n) is 16.6. The summed E-state index contributed by atoms with van der Waals surface area (Å²) < 4.78 is 5.10. The van der Waals surface area contributed by atoms with Gasteiger partial charge in [-0.2, -0.15) is 0 Å². The Hall–Kier alpha value is -1.53.